The molecule has 1 aromatic carbocycles. The number of carbonyl (C=O) groups is 3. The summed E-state index contributed by atoms with van der Waals surface area (Å²) in [6, 6.07) is 4.69. The molecule has 0 atom stereocenters. The van der Waals surface area contributed by atoms with E-state index < -0.39 is 0 Å². The summed E-state index contributed by atoms with van der Waals surface area (Å²) in [5.74, 6) is -0.774. The van der Waals surface area contributed by atoms with Crippen molar-refractivity contribution >= 4 is 17.7 Å². The van der Waals surface area contributed by atoms with E-state index in [0.29, 0.717) is 29.8 Å². The minimum Gasteiger partial charge on any atom is -0.352 e. The normalized spacial score (nSPS) is 13.5. The predicted octanol–water partition coefficient (Wildman–Crippen LogP) is 2.22. The lowest BCUT2D eigenvalue weighted by molar-refractivity contribution is 0.0652. The first kappa shape index (κ1) is 15.2. The fraction of sp³-hybridized carbons (Fsp3) is 0.438. The average molecular weight is 288 g/mol. The van der Waals surface area contributed by atoms with Crippen LogP contribution in [-0.4, -0.2) is 35.7 Å². The zero-order chi connectivity index (χ0) is 15.4. The number of fused-ring (bicyclic) bond motifs is 1. The third kappa shape index (κ3) is 2.96. The molecule has 5 nitrogen and oxygen atoms in total. The first-order valence-electron chi connectivity index (χ1n) is 7.38. The number of carbonyl (C=O) groups excluding carboxylic acids is 3. The second-order valence-corrected chi connectivity index (χ2v) is 5.13. The largest absolute Gasteiger partial charge is 0.352 e. The highest BCUT2D eigenvalue weighted by molar-refractivity contribution is 6.22. The standard InChI is InChI=1S/C16H20N2O3/c1-3-5-9-18-15(20)12-7-6-11(10-13(12)16(18)21)14(19)17-8-4-2/h6-7,10H,3-5,8-9H2,1-2H3,(H,17,19). The van der Waals surface area contributed by atoms with Crippen molar-refractivity contribution in [3.05, 3.63) is 34.9 Å². The maximum atomic E-state index is 12.3. The number of hydrogen-bond acceptors (Lipinski definition) is 3. The molecule has 0 unspecified atom stereocenters. The van der Waals surface area contributed by atoms with E-state index in [1.165, 1.54) is 11.0 Å². The Hall–Kier alpha value is -2.17. The molecule has 21 heavy (non-hydrogen) atoms. The molecule has 0 radical (unpaired) electrons. The zero-order valence-corrected chi connectivity index (χ0v) is 12.4. The summed E-state index contributed by atoms with van der Waals surface area (Å²) in [5, 5.41) is 2.76. The summed E-state index contributed by atoms with van der Waals surface area (Å²) in [6.07, 6.45) is 2.55. The Bertz CT molecular complexity index is 581. The van der Waals surface area contributed by atoms with Gasteiger partial charge >= 0.3 is 0 Å². The van der Waals surface area contributed by atoms with Gasteiger partial charge in [0, 0.05) is 18.7 Å². The molecule has 1 aliphatic rings. The third-order valence-corrected chi connectivity index (χ3v) is 3.50. The van der Waals surface area contributed by atoms with Gasteiger partial charge in [-0.25, -0.2) is 0 Å². The molecule has 112 valence electrons. The van der Waals surface area contributed by atoms with Crippen molar-refractivity contribution in [3.63, 3.8) is 0 Å². The third-order valence-electron chi connectivity index (χ3n) is 3.50. The van der Waals surface area contributed by atoms with Crippen LogP contribution in [0.1, 0.15) is 64.2 Å². The van der Waals surface area contributed by atoms with Crippen molar-refractivity contribution in [2.45, 2.75) is 33.1 Å². The lowest BCUT2D eigenvalue weighted by Gasteiger charge is -2.12. The fourth-order valence-electron chi connectivity index (χ4n) is 2.29. The molecule has 5 heteroatoms. The van der Waals surface area contributed by atoms with E-state index in [1.54, 1.807) is 12.1 Å². The summed E-state index contributed by atoms with van der Waals surface area (Å²) in [7, 11) is 0. The predicted molar refractivity (Wildman–Crippen MR) is 79.3 cm³/mol. The molecule has 0 aromatic heterocycles. The van der Waals surface area contributed by atoms with Crippen molar-refractivity contribution in [2.24, 2.45) is 0 Å². The molecule has 1 aliphatic heterocycles. The summed E-state index contributed by atoms with van der Waals surface area (Å²) >= 11 is 0. The number of amides is 3. The molecule has 1 heterocycles. The number of rotatable bonds is 6. The first-order valence-corrected chi connectivity index (χ1v) is 7.38. The molecule has 1 aromatic rings. The Morgan fingerprint density at radius 1 is 1.10 bits per heavy atom. The quantitative estimate of drug-likeness (QED) is 0.816. The van der Waals surface area contributed by atoms with Crippen LogP contribution in [0, 0.1) is 0 Å². The minimum absolute atomic E-state index is 0.216. The number of benzene rings is 1. The van der Waals surface area contributed by atoms with Gasteiger partial charge in [-0.2, -0.15) is 0 Å². The van der Waals surface area contributed by atoms with Gasteiger partial charge in [-0.3, -0.25) is 19.3 Å². The van der Waals surface area contributed by atoms with Gasteiger partial charge in [0.1, 0.15) is 0 Å². The van der Waals surface area contributed by atoms with Gasteiger partial charge in [0.25, 0.3) is 17.7 Å². The molecule has 0 fully saturated rings. The van der Waals surface area contributed by atoms with E-state index in [0.717, 1.165) is 19.3 Å². The summed E-state index contributed by atoms with van der Waals surface area (Å²) in [5.41, 5.74) is 1.14. The highest BCUT2D eigenvalue weighted by Crippen LogP contribution is 2.24. The number of unbranched alkanes of at least 4 members (excludes halogenated alkanes) is 1. The number of imide groups is 1. The minimum atomic E-state index is -0.298. The maximum Gasteiger partial charge on any atom is 0.261 e. The van der Waals surface area contributed by atoms with Gasteiger partial charge in [0.2, 0.25) is 0 Å². The van der Waals surface area contributed by atoms with Crippen LogP contribution in [0.4, 0.5) is 0 Å². The molecule has 0 saturated heterocycles. The van der Waals surface area contributed by atoms with Gasteiger partial charge < -0.3 is 5.32 Å². The SMILES string of the molecule is CCCCN1C(=O)c2ccc(C(=O)NCCC)cc2C1=O. The van der Waals surface area contributed by atoms with Gasteiger partial charge in [-0.15, -0.1) is 0 Å². The molecule has 2 rings (SSSR count). The molecule has 0 saturated carbocycles. The van der Waals surface area contributed by atoms with Gasteiger partial charge in [-0.1, -0.05) is 20.3 Å². The Kier molecular flexibility index (Phi) is 4.73. The lowest BCUT2D eigenvalue weighted by Crippen LogP contribution is -2.30. The van der Waals surface area contributed by atoms with E-state index in [4.69, 9.17) is 0 Å². The van der Waals surface area contributed by atoms with Crippen LogP contribution in [0.2, 0.25) is 0 Å². The monoisotopic (exact) mass is 288 g/mol. The van der Waals surface area contributed by atoms with Crippen molar-refractivity contribution in [3.8, 4) is 0 Å². The second kappa shape index (κ2) is 6.52. The van der Waals surface area contributed by atoms with Crippen LogP contribution >= 0.6 is 0 Å². The highest BCUT2D eigenvalue weighted by atomic mass is 16.2. The van der Waals surface area contributed by atoms with Gasteiger partial charge in [-0.05, 0) is 31.0 Å². The Balaban J connectivity index is 2.23. The molecule has 3 amide bonds. The van der Waals surface area contributed by atoms with Crippen molar-refractivity contribution in [1.82, 2.24) is 10.2 Å². The molecular weight excluding hydrogens is 268 g/mol. The number of hydrogen-bond donors (Lipinski definition) is 1. The van der Waals surface area contributed by atoms with Crippen molar-refractivity contribution in [1.29, 1.82) is 0 Å². The van der Waals surface area contributed by atoms with E-state index in [9.17, 15) is 14.4 Å². The van der Waals surface area contributed by atoms with Crippen LogP contribution in [0.25, 0.3) is 0 Å². The fourth-order valence-corrected chi connectivity index (χ4v) is 2.29. The van der Waals surface area contributed by atoms with E-state index in [2.05, 4.69) is 5.32 Å². The highest BCUT2D eigenvalue weighted by Gasteiger charge is 2.35. The van der Waals surface area contributed by atoms with Crippen molar-refractivity contribution in [2.75, 3.05) is 13.1 Å². The maximum absolute atomic E-state index is 12.3. The summed E-state index contributed by atoms with van der Waals surface area (Å²) in [6.45, 7) is 5.00. The van der Waals surface area contributed by atoms with Crippen LogP contribution in [0.15, 0.2) is 18.2 Å². The molecular formula is C16H20N2O3. The first-order chi connectivity index (χ1) is 10.1. The number of nitrogens with one attached hydrogen (secondary N) is 1. The topological polar surface area (TPSA) is 66.5 Å². The molecule has 0 bridgehead atoms. The van der Waals surface area contributed by atoms with Crippen LogP contribution < -0.4 is 5.32 Å². The van der Waals surface area contributed by atoms with Crippen LogP contribution in [0.3, 0.4) is 0 Å². The Morgan fingerprint density at radius 3 is 2.48 bits per heavy atom. The Labute approximate surface area is 124 Å². The van der Waals surface area contributed by atoms with E-state index in [-0.39, 0.29) is 17.7 Å². The van der Waals surface area contributed by atoms with E-state index >= 15 is 0 Å². The van der Waals surface area contributed by atoms with Gasteiger partial charge in [0.15, 0.2) is 0 Å². The van der Waals surface area contributed by atoms with Crippen LogP contribution in [-0.2, 0) is 0 Å². The summed E-state index contributed by atoms with van der Waals surface area (Å²) < 4.78 is 0. The molecule has 0 spiro atoms. The smallest absolute Gasteiger partial charge is 0.261 e. The second-order valence-electron chi connectivity index (χ2n) is 5.13. The molecule has 1 N–H and O–H groups in total. The molecule has 0 aliphatic carbocycles. The van der Waals surface area contributed by atoms with E-state index in [1.807, 2.05) is 13.8 Å². The van der Waals surface area contributed by atoms with Gasteiger partial charge in [0.05, 0.1) is 11.1 Å². The lowest BCUT2D eigenvalue weighted by atomic mass is 10.1. The van der Waals surface area contributed by atoms with Crippen LogP contribution in [0.5, 0.6) is 0 Å². The van der Waals surface area contributed by atoms with Crippen molar-refractivity contribution < 1.29 is 14.4 Å². The zero-order valence-electron chi connectivity index (χ0n) is 12.4. The number of nitrogens with zero attached hydrogens (tertiary/aromatic N) is 1. The average Bonchev–Trinajstić information content (AvgIpc) is 2.74. The summed E-state index contributed by atoms with van der Waals surface area (Å²) in [4.78, 5) is 37.6. The Morgan fingerprint density at radius 2 is 1.81 bits per heavy atom.